The van der Waals surface area contributed by atoms with Gasteiger partial charge in [-0.2, -0.15) is 4.98 Å². The zero-order valence-electron chi connectivity index (χ0n) is 16.0. The lowest BCUT2D eigenvalue weighted by Crippen LogP contribution is -2.44. The summed E-state index contributed by atoms with van der Waals surface area (Å²) in [7, 11) is 2.03. The van der Waals surface area contributed by atoms with Gasteiger partial charge in [-0.3, -0.25) is 4.90 Å². The van der Waals surface area contributed by atoms with E-state index in [-0.39, 0.29) is 36.1 Å². The van der Waals surface area contributed by atoms with Crippen molar-refractivity contribution in [3.8, 4) is 17.4 Å². The van der Waals surface area contributed by atoms with Gasteiger partial charge in [-0.05, 0) is 19.2 Å². The molecule has 150 valence electrons. The smallest absolute Gasteiger partial charge is 0.297 e. The summed E-state index contributed by atoms with van der Waals surface area (Å²) in [5.41, 5.74) is 0.343. The maximum absolute atomic E-state index is 14.3. The second-order valence-corrected chi connectivity index (χ2v) is 6.97. The lowest BCUT2D eigenvalue weighted by Gasteiger charge is -2.30. The molecule has 3 heterocycles. The number of likely N-dealkylation sites (N-methyl/N-ethyl adjacent to an activating group) is 1. The van der Waals surface area contributed by atoms with Crippen molar-refractivity contribution < 1.29 is 8.91 Å². The first-order valence-corrected chi connectivity index (χ1v) is 9.01. The molecule has 1 fully saturated rings. The van der Waals surface area contributed by atoms with Crippen molar-refractivity contribution in [3.05, 3.63) is 41.7 Å². The van der Waals surface area contributed by atoms with Gasteiger partial charge in [-0.1, -0.05) is 31.1 Å². The molecule has 1 saturated heterocycles. The normalized spacial score (nSPS) is 17.7. The van der Waals surface area contributed by atoms with E-state index in [0.717, 1.165) is 19.6 Å². The third-order valence-electron chi connectivity index (χ3n) is 4.67. The van der Waals surface area contributed by atoms with Crippen LogP contribution in [-0.4, -0.2) is 56.5 Å². The average molecular weight is 408 g/mol. The fourth-order valence-corrected chi connectivity index (χ4v) is 3.14. The number of nitrogens with zero attached hydrogens (tertiary/aromatic N) is 6. The largest absolute Gasteiger partial charge is 0.330 e. The van der Waals surface area contributed by atoms with Crippen LogP contribution in [0.4, 0.5) is 4.39 Å². The van der Waals surface area contributed by atoms with Crippen LogP contribution in [0.2, 0.25) is 0 Å². The SMILES string of the molecule is CC(C)c1nc(-c2nc(C3CNCCN3C)no2)nn1-c1ccccc1F.Cl. The Morgan fingerprint density at radius 3 is 2.75 bits per heavy atom. The monoisotopic (exact) mass is 407 g/mol. The standard InChI is InChI=1S/C18H22FN7O.ClH/c1-11(2)17-21-16(23-26(17)13-7-5-4-6-12(13)19)18-22-15(24-27-18)14-10-20-8-9-25(14)3;/h4-7,11,14,20H,8-10H2,1-3H3;1H. The Morgan fingerprint density at radius 1 is 1.25 bits per heavy atom. The van der Waals surface area contributed by atoms with Crippen LogP contribution in [-0.2, 0) is 0 Å². The Hall–Kier alpha value is -2.36. The quantitative estimate of drug-likeness (QED) is 0.711. The molecule has 0 radical (unpaired) electrons. The third-order valence-corrected chi connectivity index (χ3v) is 4.67. The van der Waals surface area contributed by atoms with Gasteiger partial charge >= 0.3 is 0 Å². The zero-order chi connectivity index (χ0) is 19.0. The molecule has 1 aromatic carbocycles. The molecule has 0 saturated carbocycles. The van der Waals surface area contributed by atoms with Gasteiger partial charge < -0.3 is 9.84 Å². The minimum absolute atomic E-state index is 0. The molecule has 1 atom stereocenters. The number of hydrogen-bond acceptors (Lipinski definition) is 7. The second-order valence-electron chi connectivity index (χ2n) is 6.97. The minimum Gasteiger partial charge on any atom is -0.330 e. The van der Waals surface area contributed by atoms with Gasteiger partial charge in [0.05, 0.1) is 6.04 Å². The Balaban J connectivity index is 0.00000225. The molecule has 1 aliphatic rings. The molecule has 4 rings (SSSR count). The van der Waals surface area contributed by atoms with Crippen molar-refractivity contribution in [1.82, 2.24) is 35.1 Å². The van der Waals surface area contributed by atoms with E-state index in [4.69, 9.17) is 4.52 Å². The lowest BCUT2D eigenvalue weighted by atomic mass is 10.2. The van der Waals surface area contributed by atoms with Crippen molar-refractivity contribution >= 4 is 12.4 Å². The van der Waals surface area contributed by atoms with Crippen molar-refractivity contribution in [2.45, 2.75) is 25.8 Å². The van der Waals surface area contributed by atoms with E-state index >= 15 is 0 Å². The molecule has 3 aromatic rings. The number of halogens is 2. The molecule has 0 amide bonds. The minimum atomic E-state index is -0.364. The van der Waals surface area contributed by atoms with Crippen LogP contribution in [0.15, 0.2) is 28.8 Å². The Labute approximate surface area is 168 Å². The number of hydrogen-bond donors (Lipinski definition) is 1. The van der Waals surface area contributed by atoms with Gasteiger partial charge in [0, 0.05) is 25.6 Å². The predicted octanol–water partition coefficient (Wildman–Crippen LogP) is 2.58. The molecule has 1 N–H and O–H groups in total. The van der Waals surface area contributed by atoms with Crippen LogP contribution in [0.25, 0.3) is 17.4 Å². The van der Waals surface area contributed by atoms with Crippen LogP contribution in [0.3, 0.4) is 0 Å². The van der Waals surface area contributed by atoms with Gasteiger partial charge in [-0.15, -0.1) is 17.5 Å². The maximum atomic E-state index is 14.3. The van der Waals surface area contributed by atoms with Crippen LogP contribution < -0.4 is 5.32 Å². The van der Waals surface area contributed by atoms with E-state index in [2.05, 4.69) is 30.4 Å². The first kappa shape index (κ1) is 20.4. The summed E-state index contributed by atoms with van der Waals surface area (Å²) in [5.74, 6) is 1.44. The van der Waals surface area contributed by atoms with Crippen LogP contribution in [0.1, 0.15) is 37.5 Å². The van der Waals surface area contributed by atoms with E-state index in [1.807, 2.05) is 20.9 Å². The highest BCUT2D eigenvalue weighted by atomic mass is 35.5. The summed E-state index contributed by atoms with van der Waals surface area (Å²) in [5, 5.41) is 11.9. The van der Waals surface area contributed by atoms with E-state index in [1.165, 1.54) is 10.7 Å². The van der Waals surface area contributed by atoms with Crippen molar-refractivity contribution in [3.63, 3.8) is 0 Å². The number of benzene rings is 1. The topological polar surface area (TPSA) is 84.9 Å². The maximum Gasteiger partial charge on any atom is 0.297 e. The van der Waals surface area contributed by atoms with Crippen LogP contribution in [0, 0.1) is 5.82 Å². The van der Waals surface area contributed by atoms with Crippen LogP contribution in [0.5, 0.6) is 0 Å². The highest BCUT2D eigenvalue weighted by Crippen LogP contribution is 2.25. The molecule has 1 aliphatic heterocycles. The van der Waals surface area contributed by atoms with Crippen molar-refractivity contribution in [2.24, 2.45) is 0 Å². The highest BCUT2D eigenvalue weighted by Gasteiger charge is 2.27. The van der Waals surface area contributed by atoms with Gasteiger partial charge in [0.1, 0.15) is 17.3 Å². The first-order chi connectivity index (χ1) is 13.0. The second kappa shape index (κ2) is 8.34. The number of nitrogens with one attached hydrogen (secondary N) is 1. The molecule has 2 aromatic heterocycles. The molecule has 0 aliphatic carbocycles. The van der Waals surface area contributed by atoms with E-state index in [0.29, 0.717) is 23.2 Å². The summed E-state index contributed by atoms with van der Waals surface area (Å²) in [6.45, 7) is 6.56. The third kappa shape index (κ3) is 3.78. The van der Waals surface area contributed by atoms with Crippen LogP contribution >= 0.6 is 12.4 Å². The number of aromatic nitrogens is 5. The summed E-state index contributed by atoms with van der Waals surface area (Å²) in [4.78, 5) is 11.2. The Bertz CT molecular complexity index is 942. The number of piperazine rings is 1. The predicted molar refractivity (Wildman–Crippen MR) is 104 cm³/mol. The van der Waals surface area contributed by atoms with Crippen molar-refractivity contribution in [2.75, 3.05) is 26.7 Å². The van der Waals surface area contributed by atoms with E-state index in [1.54, 1.807) is 18.2 Å². The summed E-state index contributed by atoms with van der Waals surface area (Å²) in [6, 6.07) is 6.51. The van der Waals surface area contributed by atoms with Gasteiger partial charge in [0.25, 0.3) is 5.89 Å². The number of rotatable bonds is 4. The summed E-state index contributed by atoms with van der Waals surface area (Å²) in [6.07, 6.45) is 0. The summed E-state index contributed by atoms with van der Waals surface area (Å²) >= 11 is 0. The van der Waals surface area contributed by atoms with E-state index < -0.39 is 0 Å². The molecular formula is C18H23ClFN7O. The first-order valence-electron chi connectivity index (χ1n) is 9.01. The zero-order valence-corrected chi connectivity index (χ0v) is 16.8. The van der Waals surface area contributed by atoms with Crippen molar-refractivity contribution in [1.29, 1.82) is 0 Å². The molecule has 10 heteroatoms. The summed E-state index contributed by atoms with van der Waals surface area (Å²) < 4.78 is 21.2. The molecule has 0 spiro atoms. The van der Waals surface area contributed by atoms with Gasteiger partial charge in [-0.25, -0.2) is 14.1 Å². The molecule has 28 heavy (non-hydrogen) atoms. The fourth-order valence-electron chi connectivity index (χ4n) is 3.14. The lowest BCUT2D eigenvalue weighted by molar-refractivity contribution is 0.190. The van der Waals surface area contributed by atoms with E-state index in [9.17, 15) is 4.39 Å². The fraction of sp³-hybridized carbons (Fsp3) is 0.444. The Morgan fingerprint density at radius 2 is 2.04 bits per heavy atom. The molecule has 8 nitrogen and oxygen atoms in total. The molecular weight excluding hydrogens is 385 g/mol. The average Bonchev–Trinajstić information content (AvgIpc) is 3.29. The molecule has 0 bridgehead atoms. The highest BCUT2D eigenvalue weighted by molar-refractivity contribution is 5.85. The number of para-hydroxylation sites is 1. The van der Waals surface area contributed by atoms with Gasteiger partial charge in [0.15, 0.2) is 5.82 Å². The van der Waals surface area contributed by atoms with Gasteiger partial charge in [0.2, 0.25) is 5.82 Å². The molecule has 1 unspecified atom stereocenters. The Kier molecular flexibility index (Phi) is 6.07.